The number of nitrogens with one attached hydrogen (secondary N) is 1. The summed E-state index contributed by atoms with van der Waals surface area (Å²) in [7, 11) is 2.61. The molecule has 0 aliphatic heterocycles. The van der Waals surface area contributed by atoms with E-state index in [2.05, 4.69) is 25.3 Å². The Morgan fingerprint density at radius 3 is 2.39 bits per heavy atom. The number of carbonyl (C=O) groups excluding carboxylic acids is 1. The predicted molar refractivity (Wildman–Crippen MR) is 108 cm³/mol. The lowest BCUT2D eigenvalue weighted by Crippen LogP contribution is -2.29. The zero-order chi connectivity index (χ0) is 22.4. The van der Waals surface area contributed by atoms with Crippen LogP contribution in [0.5, 0.6) is 23.3 Å². The Morgan fingerprint density at radius 2 is 1.74 bits per heavy atom. The first-order chi connectivity index (χ1) is 14.9. The van der Waals surface area contributed by atoms with E-state index in [0.717, 1.165) is 18.5 Å². The van der Waals surface area contributed by atoms with E-state index < -0.39 is 29.3 Å². The van der Waals surface area contributed by atoms with Crippen molar-refractivity contribution in [2.45, 2.75) is 0 Å². The number of benzene rings is 2. The van der Waals surface area contributed by atoms with Crippen molar-refractivity contribution in [1.82, 2.24) is 15.3 Å². The second-order valence-corrected chi connectivity index (χ2v) is 6.18. The van der Waals surface area contributed by atoms with Gasteiger partial charge in [-0.2, -0.15) is 14.4 Å². The van der Waals surface area contributed by atoms with Crippen LogP contribution in [0.4, 0.5) is 8.78 Å². The average molecular weight is 449 g/mol. The van der Waals surface area contributed by atoms with Crippen LogP contribution in [0, 0.1) is 11.6 Å². The van der Waals surface area contributed by atoms with Crippen LogP contribution in [0.15, 0.2) is 53.9 Å². The molecule has 1 aromatic heterocycles. The van der Waals surface area contributed by atoms with Gasteiger partial charge in [0, 0.05) is 13.1 Å². The maximum absolute atomic E-state index is 14.9. The van der Waals surface area contributed by atoms with Gasteiger partial charge < -0.3 is 19.6 Å². The van der Waals surface area contributed by atoms with Crippen LogP contribution >= 0.6 is 11.6 Å². The molecule has 31 heavy (non-hydrogen) atoms. The molecule has 0 spiro atoms. The summed E-state index contributed by atoms with van der Waals surface area (Å²) >= 11 is 6.02. The van der Waals surface area contributed by atoms with Crippen molar-refractivity contribution in [3.63, 3.8) is 0 Å². The predicted octanol–water partition coefficient (Wildman–Crippen LogP) is 4.09. The average Bonchev–Trinajstić information content (AvgIpc) is 2.76. The van der Waals surface area contributed by atoms with Crippen LogP contribution in [-0.2, 0) is 9.63 Å². The number of hydrogen-bond acceptors (Lipinski definition) is 7. The van der Waals surface area contributed by atoms with Crippen molar-refractivity contribution in [2.75, 3.05) is 14.2 Å². The van der Waals surface area contributed by atoms with Gasteiger partial charge in [-0.05, 0) is 24.3 Å². The topological polar surface area (TPSA) is 94.9 Å². The van der Waals surface area contributed by atoms with Crippen molar-refractivity contribution in [3.8, 4) is 23.3 Å². The Kier molecular flexibility index (Phi) is 6.93. The molecule has 0 saturated carbocycles. The fourth-order valence-electron chi connectivity index (χ4n) is 2.42. The number of hydrogen-bond donors (Lipinski definition) is 1. The zero-order valence-electron chi connectivity index (χ0n) is 16.2. The highest BCUT2D eigenvalue weighted by molar-refractivity contribution is 6.45. The summed E-state index contributed by atoms with van der Waals surface area (Å²) in [5.74, 6) is -3.51. The van der Waals surface area contributed by atoms with Crippen molar-refractivity contribution in [2.24, 2.45) is 5.16 Å². The molecule has 0 radical (unpaired) electrons. The lowest BCUT2D eigenvalue weighted by molar-refractivity contribution is -0.114. The number of likely N-dealkylation sites (N-methyl/N-ethyl adjacent to an activating group) is 1. The molecule has 0 atom stereocenters. The van der Waals surface area contributed by atoms with Gasteiger partial charge in [-0.3, -0.25) is 4.79 Å². The Balaban J connectivity index is 2.00. The minimum Gasteiger partial charge on any atom is -0.435 e. The molecule has 0 saturated heterocycles. The first-order valence-corrected chi connectivity index (χ1v) is 9.06. The zero-order valence-corrected chi connectivity index (χ0v) is 17.0. The number of halogens is 3. The molecule has 2 aromatic carbocycles. The first kappa shape index (κ1) is 21.9. The highest BCUT2D eigenvalue weighted by atomic mass is 35.5. The normalized spacial score (nSPS) is 11.1. The summed E-state index contributed by atoms with van der Waals surface area (Å²) in [4.78, 5) is 24.3. The Hall–Kier alpha value is -3.79. The number of nitrogens with zero attached hydrogens (tertiary/aromatic N) is 3. The largest absolute Gasteiger partial charge is 0.435 e. The molecule has 160 valence electrons. The van der Waals surface area contributed by atoms with Crippen molar-refractivity contribution in [1.29, 1.82) is 0 Å². The number of amides is 1. The molecule has 1 N–H and O–H groups in total. The molecule has 0 aliphatic rings. The summed E-state index contributed by atoms with van der Waals surface area (Å²) in [6.07, 6.45) is 0.993. The van der Waals surface area contributed by atoms with Crippen LogP contribution in [0.1, 0.15) is 5.56 Å². The van der Waals surface area contributed by atoms with Gasteiger partial charge in [0.2, 0.25) is 5.82 Å². The maximum atomic E-state index is 14.9. The molecule has 1 heterocycles. The monoisotopic (exact) mass is 448 g/mol. The van der Waals surface area contributed by atoms with E-state index in [1.54, 1.807) is 18.2 Å². The SMILES string of the molecule is CNC(=O)/C(=N/OC)c1ccc(F)cc1Oc1ncnc(Oc2ccccc2Cl)c1F. The third-order valence-corrected chi connectivity index (χ3v) is 4.11. The van der Waals surface area contributed by atoms with Gasteiger partial charge in [-0.15, -0.1) is 0 Å². The molecule has 3 aromatic rings. The molecule has 0 fully saturated rings. The summed E-state index contributed by atoms with van der Waals surface area (Å²) in [5.41, 5.74) is -0.184. The van der Waals surface area contributed by atoms with Gasteiger partial charge in [-0.1, -0.05) is 28.9 Å². The minimum atomic E-state index is -1.07. The maximum Gasteiger partial charge on any atom is 0.273 e. The molecule has 0 aliphatic carbocycles. The lowest BCUT2D eigenvalue weighted by atomic mass is 10.1. The Morgan fingerprint density at radius 1 is 1.06 bits per heavy atom. The Labute approximate surface area is 180 Å². The summed E-state index contributed by atoms with van der Waals surface area (Å²) in [6.45, 7) is 0. The van der Waals surface area contributed by atoms with Gasteiger partial charge in [0.05, 0.1) is 10.6 Å². The van der Waals surface area contributed by atoms with Crippen molar-refractivity contribution < 1.29 is 27.9 Å². The highest BCUT2D eigenvalue weighted by Gasteiger charge is 2.22. The standard InChI is InChI=1S/C20H15ClF2N4O4/c1-24-18(28)17(27-29-2)12-8-7-11(22)9-15(12)31-20-16(23)19(25-10-26-20)30-14-6-4-3-5-13(14)21/h3-10H,1-2H3,(H,24,28)/b27-17+. The van der Waals surface area contributed by atoms with Crippen LogP contribution in [0.3, 0.4) is 0 Å². The van der Waals surface area contributed by atoms with E-state index in [9.17, 15) is 13.6 Å². The molecule has 1 amide bonds. The van der Waals surface area contributed by atoms with Gasteiger partial charge >= 0.3 is 0 Å². The van der Waals surface area contributed by atoms with Crippen LogP contribution < -0.4 is 14.8 Å². The van der Waals surface area contributed by atoms with E-state index in [-0.39, 0.29) is 27.8 Å². The number of aromatic nitrogens is 2. The summed E-state index contributed by atoms with van der Waals surface area (Å²) < 4.78 is 39.7. The van der Waals surface area contributed by atoms with Gasteiger partial charge in [0.25, 0.3) is 17.7 Å². The van der Waals surface area contributed by atoms with E-state index in [1.165, 1.54) is 26.3 Å². The highest BCUT2D eigenvalue weighted by Crippen LogP contribution is 2.33. The lowest BCUT2D eigenvalue weighted by Gasteiger charge is -2.13. The third kappa shape index (κ3) is 5.04. The third-order valence-electron chi connectivity index (χ3n) is 3.80. The number of para-hydroxylation sites is 1. The Bertz CT molecular complexity index is 1140. The number of ether oxygens (including phenoxy) is 2. The van der Waals surface area contributed by atoms with Crippen molar-refractivity contribution >= 4 is 23.2 Å². The van der Waals surface area contributed by atoms with Crippen molar-refractivity contribution in [3.05, 3.63) is 71.0 Å². The number of rotatable bonds is 7. The van der Waals surface area contributed by atoms with E-state index >= 15 is 0 Å². The number of carbonyl (C=O) groups is 1. The molecule has 8 nitrogen and oxygen atoms in total. The van der Waals surface area contributed by atoms with Crippen LogP contribution in [0.25, 0.3) is 0 Å². The summed E-state index contributed by atoms with van der Waals surface area (Å²) in [6, 6.07) is 9.66. The first-order valence-electron chi connectivity index (χ1n) is 8.68. The smallest absolute Gasteiger partial charge is 0.273 e. The minimum absolute atomic E-state index is 0.0363. The quantitative estimate of drug-likeness (QED) is 0.432. The molecule has 0 bridgehead atoms. The number of oxime groups is 1. The van der Waals surface area contributed by atoms with E-state index in [1.807, 2.05) is 0 Å². The van der Waals surface area contributed by atoms with E-state index in [0.29, 0.717) is 0 Å². The second-order valence-electron chi connectivity index (χ2n) is 5.77. The van der Waals surface area contributed by atoms with Gasteiger partial charge in [-0.25, -0.2) is 4.39 Å². The molecular weight excluding hydrogens is 434 g/mol. The summed E-state index contributed by atoms with van der Waals surface area (Å²) in [5, 5.41) is 6.25. The van der Waals surface area contributed by atoms with Crippen LogP contribution in [-0.4, -0.2) is 35.7 Å². The fourth-order valence-corrected chi connectivity index (χ4v) is 2.59. The molecule has 11 heteroatoms. The van der Waals surface area contributed by atoms with Gasteiger partial charge in [0.1, 0.15) is 30.8 Å². The van der Waals surface area contributed by atoms with Gasteiger partial charge in [0.15, 0.2) is 5.71 Å². The van der Waals surface area contributed by atoms with E-state index in [4.69, 9.17) is 21.1 Å². The molecule has 3 rings (SSSR count). The second kappa shape index (κ2) is 9.81. The molecule has 0 unspecified atom stereocenters. The fraction of sp³-hybridized carbons (Fsp3) is 0.100. The van der Waals surface area contributed by atoms with Crippen LogP contribution in [0.2, 0.25) is 5.02 Å². The molecular formula is C20H15ClF2N4O4.